The molecule has 1 aliphatic rings. The third-order valence-electron chi connectivity index (χ3n) is 6.00. The van der Waals surface area contributed by atoms with Gasteiger partial charge in [0, 0.05) is 22.6 Å². The van der Waals surface area contributed by atoms with Crippen LogP contribution < -0.4 is 5.32 Å². The Labute approximate surface area is 193 Å². The highest BCUT2D eigenvalue weighted by Crippen LogP contribution is 2.37. The Hall–Kier alpha value is -3.50. The zero-order valence-electron chi connectivity index (χ0n) is 17.8. The van der Waals surface area contributed by atoms with Gasteiger partial charge in [0.25, 0.3) is 0 Å². The van der Waals surface area contributed by atoms with Crippen molar-refractivity contribution in [1.29, 1.82) is 0 Å². The van der Waals surface area contributed by atoms with Crippen molar-refractivity contribution < 1.29 is 4.79 Å². The van der Waals surface area contributed by atoms with Crippen molar-refractivity contribution in [3.8, 4) is 5.69 Å². The molecule has 32 heavy (non-hydrogen) atoms. The van der Waals surface area contributed by atoms with Crippen LogP contribution >= 0.6 is 11.6 Å². The highest BCUT2D eigenvalue weighted by atomic mass is 35.5. The van der Waals surface area contributed by atoms with E-state index < -0.39 is 0 Å². The Morgan fingerprint density at radius 2 is 1.81 bits per heavy atom. The van der Waals surface area contributed by atoms with E-state index in [9.17, 15) is 4.79 Å². The lowest BCUT2D eigenvalue weighted by Gasteiger charge is -2.31. The number of urea groups is 1. The lowest BCUT2D eigenvalue weighted by atomic mass is 10.0. The topological polar surface area (TPSA) is 37.3 Å². The Kier molecular flexibility index (Phi) is 5.46. The maximum atomic E-state index is 13.7. The largest absolute Gasteiger partial charge is 0.322 e. The standard InChI is InChI=1S/C27H24ClN3O/c1-2-19-12-14-23(15-13-19)29-27(32)31-18-21-7-3-4-10-24(21)30-16-6-11-25(30)26(31)20-8-5-9-22(28)17-20/h3-17,26H,2,18H2,1H3,(H,29,32)/t26-/m1/s1. The van der Waals surface area contributed by atoms with E-state index in [0.717, 1.165) is 34.6 Å². The van der Waals surface area contributed by atoms with E-state index in [-0.39, 0.29) is 12.1 Å². The van der Waals surface area contributed by atoms with E-state index >= 15 is 0 Å². The SMILES string of the molecule is CCc1ccc(NC(=O)N2Cc3ccccc3-n3cccc3[C@H]2c2cccc(Cl)c2)cc1. The number of benzene rings is 3. The summed E-state index contributed by atoms with van der Waals surface area (Å²) in [5.41, 5.74) is 6.19. The number of nitrogens with zero attached hydrogens (tertiary/aromatic N) is 2. The van der Waals surface area contributed by atoms with Gasteiger partial charge in [0.15, 0.2) is 0 Å². The molecule has 1 atom stereocenters. The average molecular weight is 442 g/mol. The molecule has 5 rings (SSSR count). The number of carbonyl (C=O) groups is 1. The smallest absolute Gasteiger partial charge is 0.318 e. The minimum atomic E-state index is -0.286. The Bertz CT molecular complexity index is 1260. The van der Waals surface area contributed by atoms with Gasteiger partial charge in [0.05, 0.1) is 18.3 Å². The lowest BCUT2D eigenvalue weighted by Crippen LogP contribution is -2.37. The van der Waals surface area contributed by atoms with Crippen molar-refractivity contribution in [3.63, 3.8) is 0 Å². The minimum Gasteiger partial charge on any atom is -0.318 e. The molecular formula is C27H24ClN3O. The number of anilines is 1. The Morgan fingerprint density at radius 3 is 2.59 bits per heavy atom. The van der Waals surface area contributed by atoms with Gasteiger partial charge >= 0.3 is 6.03 Å². The molecule has 2 heterocycles. The first-order chi connectivity index (χ1) is 15.6. The molecule has 160 valence electrons. The normalized spacial score (nSPS) is 14.9. The van der Waals surface area contributed by atoms with E-state index in [1.54, 1.807) is 0 Å². The molecule has 0 bridgehead atoms. The van der Waals surface area contributed by atoms with E-state index in [2.05, 4.69) is 41.2 Å². The number of carbonyl (C=O) groups excluding carboxylic acids is 1. The van der Waals surface area contributed by atoms with E-state index in [1.165, 1.54) is 5.56 Å². The fourth-order valence-corrected chi connectivity index (χ4v) is 4.58. The second-order valence-corrected chi connectivity index (χ2v) is 8.43. The highest BCUT2D eigenvalue weighted by Gasteiger charge is 2.33. The average Bonchev–Trinajstić information content (AvgIpc) is 3.23. The second kappa shape index (κ2) is 8.56. The number of aromatic nitrogens is 1. The zero-order chi connectivity index (χ0) is 22.1. The van der Waals surface area contributed by atoms with Crippen LogP contribution in [0, 0.1) is 0 Å². The maximum absolute atomic E-state index is 13.7. The van der Waals surface area contributed by atoms with Gasteiger partial charge < -0.3 is 14.8 Å². The second-order valence-electron chi connectivity index (χ2n) is 8.00. The molecule has 1 aliphatic heterocycles. The summed E-state index contributed by atoms with van der Waals surface area (Å²) >= 11 is 6.35. The number of fused-ring (bicyclic) bond motifs is 3. The number of nitrogens with one attached hydrogen (secondary N) is 1. The van der Waals surface area contributed by atoms with Gasteiger partial charge in [0.1, 0.15) is 0 Å². The number of hydrogen-bond donors (Lipinski definition) is 1. The molecule has 0 saturated carbocycles. The van der Waals surface area contributed by atoms with Crippen LogP contribution in [0.1, 0.15) is 35.3 Å². The number of halogens is 1. The lowest BCUT2D eigenvalue weighted by molar-refractivity contribution is 0.194. The third-order valence-corrected chi connectivity index (χ3v) is 6.24. The van der Waals surface area contributed by atoms with Gasteiger partial charge in [-0.05, 0) is 65.6 Å². The Morgan fingerprint density at radius 1 is 1.00 bits per heavy atom. The van der Waals surface area contributed by atoms with E-state index in [0.29, 0.717) is 11.6 Å². The van der Waals surface area contributed by atoms with Crippen molar-refractivity contribution >= 4 is 23.3 Å². The monoisotopic (exact) mass is 441 g/mol. The molecule has 4 nitrogen and oxygen atoms in total. The number of hydrogen-bond acceptors (Lipinski definition) is 1. The quantitative estimate of drug-likeness (QED) is 0.371. The predicted molar refractivity (Wildman–Crippen MR) is 129 cm³/mol. The molecule has 0 aliphatic carbocycles. The van der Waals surface area contributed by atoms with Crippen molar-refractivity contribution in [1.82, 2.24) is 9.47 Å². The molecule has 4 aromatic rings. The molecule has 0 fully saturated rings. The summed E-state index contributed by atoms with van der Waals surface area (Å²) in [4.78, 5) is 15.5. The molecule has 5 heteroatoms. The van der Waals surface area contributed by atoms with E-state index in [4.69, 9.17) is 11.6 Å². The highest BCUT2D eigenvalue weighted by molar-refractivity contribution is 6.30. The summed E-state index contributed by atoms with van der Waals surface area (Å²) in [6, 6.07) is 27.7. The van der Waals surface area contributed by atoms with Gasteiger partial charge in [0.2, 0.25) is 0 Å². The van der Waals surface area contributed by atoms with Crippen LogP contribution in [-0.4, -0.2) is 15.5 Å². The van der Waals surface area contributed by atoms with Gasteiger partial charge in [-0.25, -0.2) is 4.79 Å². The van der Waals surface area contributed by atoms with Crippen molar-refractivity contribution in [3.05, 3.63) is 119 Å². The molecule has 1 N–H and O–H groups in total. The van der Waals surface area contributed by atoms with Crippen molar-refractivity contribution in [2.75, 3.05) is 5.32 Å². The molecule has 0 radical (unpaired) electrons. The summed E-state index contributed by atoms with van der Waals surface area (Å²) in [6.45, 7) is 2.60. The van der Waals surface area contributed by atoms with Crippen LogP contribution in [-0.2, 0) is 13.0 Å². The van der Waals surface area contributed by atoms with Crippen LogP contribution in [0.3, 0.4) is 0 Å². The Balaban J connectivity index is 1.60. The summed E-state index contributed by atoms with van der Waals surface area (Å²) in [5.74, 6) is 0. The fraction of sp³-hybridized carbons (Fsp3) is 0.148. The molecule has 1 aromatic heterocycles. The first kappa shape index (κ1) is 20.4. The van der Waals surface area contributed by atoms with Gasteiger partial charge in [-0.2, -0.15) is 0 Å². The van der Waals surface area contributed by atoms with Crippen molar-refractivity contribution in [2.24, 2.45) is 0 Å². The molecule has 0 unspecified atom stereocenters. The van der Waals surface area contributed by atoms with Gasteiger partial charge in [-0.15, -0.1) is 0 Å². The van der Waals surface area contributed by atoms with Crippen molar-refractivity contribution in [2.45, 2.75) is 25.9 Å². The summed E-state index contributed by atoms with van der Waals surface area (Å²) in [7, 11) is 0. The molecule has 0 saturated heterocycles. The minimum absolute atomic E-state index is 0.149. The summed E-state index contributed by atoms with van der Waals surface area (Å²) < 4.78 is 2.17. The number of para-hydroxylation sites is 1. The number of aryl methyl sites for hydroxylation is 1. The molecule has 3 aromatic carbocycles. The zero-order valence-corrected chi connectivity index (χ0v) is 18.6. The third kappa shape index (κ3) is 3.78. The van der Waals surface area contributed by atoms with Gasteiger partial charge in [-0.3, -0.25) is 0 Å². The predicted octanol–water partition coefficient (Wildman–Crippen LogP) is 6.83. The first-order valence-corrected chi connectivity index (χ1v) is 11.2. The maximum Gasteiger partial charge on any atom is 0.322 e. The fourth-order valence-electron chi connectivity index (χ4n) is 4.39. The number of rotatable bonds is 3. The molecule has 2 amide bonds. The number of amides is 2. The summed E-state index contributed by atoms with van der Waals surface area (Å²) in [6.07, 6.45) is 3.02. The van der Waals surface area contributed by atoms with Gasteiger partial charge in [-0.1, -0.05) is 61.0 Å². The molecule has 0 spiro atoms. The van der Waals surface area contributed by atoms with Crippen LogP contribution in [0.15, 0.2) is 91.1 Å². The summed E-state index contributed by atoms with van der Waals surface area (Å²) in [5, 5.41) is 3.75. The van der Waals surface area contributed by atoms with Crippen LogP contribution in [0.25, 0.3) is 5.69 Å². The van der Waals surface area contributed by atoms with Crippen LogP contribution in [0.5, 0.6) is 0 Å². The molecular weight excluding hydrogens is 418 g/mol. The first-order valence-electron chi connectivity index (χ1n) is 10.8. The van der Waals surface area contributed by atoms with Crippen LogP contribution in [0.2, 0.25) is 5.02 Å². The van der Waals surface area contributed by atoms with E-state index in [1.807, 2.05) is 71.6 Å². The van der Waals surface area contributed by atoms with Crippen LogP contribution in [0.4, 0.5) is 10.5 Å².